The molecule has 5 nitrogen and oxygen atoms in total. The van der Waals surface area contributed by atoms with Crippen LogP contribution in [-0.4, -0.2) is 24.7 Å². The first-order chi connectivity index (χ1) is 15.3. The molecule has 7 heteroatoms. The maximum Gasteiger partial charge on any atom is 0.192 e. The molecule has 0 aliphatic rings. The monoisotopic (exact) mass is 427 g/mol. The second-order valence-corrected chi connectivity index (χ2v) is 7.99. The molecule has 0 atom stereocenters. The second-order valence-electron chi connectivity index (χ2n) is 7.05. The van der Waals surface area contributed by atoms with Gasteiger partial charge in [0.2, 0.25) is 0 Å². The van der Waals surface area contributed by atoms with E-state index < -0.39 is 0 Å². The molecule has 31 heavy (non-hydrogen) atoms. The summed E-state index contributed by atoms with van der Waals surface area (Å²) >= 11 is 1.52. The van der Waals surface area contributed by atoms with Crippen LogP contribution in [0.4, 0.5) is 4.39 Å². The number of nitrogens with zero attached hydrogens (tertiary/aromatic N) is 5. The molecule has 0 saturated heterocycles. The molecule has 0 unspecified atom stereocenters. The van der Waals surface area contributed by atoms with Crippen molar-refractivity contribution in [1.82, 2.24) is 24.7 Å². The van der Waals surface area contributed by atoms with Crippen molar-refractivity contribution in [3.8, 4) is 11.4 Å². The van der Waals surface area contributed by atoms with Crippen LogP contribution in [0.3, 0.4) is 0 Å². The zero-order valence-corrected chi connectivity index (χ0v) is 17.3. The number of benzene rings is 2. The van der Waals surface area contributed by atoms with Crippen molar-refractivity contribution >= 4 is 22.7 Å². The van der Waals surface area contributed by atoms with Crippen LogP contribution in [-0.2, 0) is 12.3 Å². The minimum Gasteiger partial charge on any atom is -0.297 e. The third-order valence-corrected chi connectivity index (χ3v) is 5.94. The van der Waals surface area contributed by atoms with Gasteiger partial charge < -0.3 is 0 Å². The molecule has 5 rings (SSSR count). The Morgan fingerprint density at radius 3 is 2.61 bits per heavy atom. The first-order valence-corrected chi connectivity index (χ1v) is 10.8. The molecule has 0 spiro atoms. The van der Waals surface area contributed by atoms with E-state index in [1.165, 1.54) is 17.8 Å². The van der Waals surface area contributed by atoms with Gasteiger partial charge in [-0.05, 0) is 41.5 Å². The Hall–Kier alpha value is -3.58. The molecule has 5 aromatic rings. The fourth-order valence-corrected chi connectivity index (χ4v) is 4.40. The Morgan fingerprint density at radius 1 is 0.903 bits per heavy atom. The molecule has 0 saturated carbocycles. The first-order valence-electron chi connectivity index (χ1n) is 9.81. The smallest absolute Gasteiger partial charge is 0.192 e. The van der Waals surface area contributed by atoms with E-state index in [0.717, 1.165) is 38.6 Å². The highest BCUT2D eigenvalue weighted by Crippen LogP contribution is 2.29. The Labute approximate surface area is 183 Å². The van der Waals surface area contributed by atoms with Gasteiger partial charge in [0.1, 0.15) is 5.82 Å². The summed E-state index contributed by atoms with van der Waals surface area (Å²) in [5, 5.41) is 10.4. The third kappa shape index (κ3) is 4.18. The van der Waals surface area contributed by atoms with Crippen molar-refractivity contribution in [2.45, 2.75) is 17.5 Å². The zero-order chi connectivity index (χ0) is 21.0. The van der Waals surface area contributed by atoms with Crippen molar-refractivity contribution in [3.63, 3.8) is 0 Å². The Kier molecular flexibility index (Phi) is 5.41. The van der Waals surface area contributed by atoms with E-state index in [1.54, 1.807) is 24.7 Å². The van der Waals surface area contributed by atoms with Crippen LogP contribution in [0.25, 0.3) is 22.3 Å². The number of thioether (sulfide) groups is 1. The van der Waals surface area contributed by atoms with Crippen molar-refractivity contribution in [1.29, 1.82) is 0 Å². The molecule has 0 fully saturated rings. The Bertz CT molecular complexity index is 1320. The molecule has 2 aromatic carbocycles. The van der Waals surface area contributed by atoms with E-state index in [4.69, 9.17) is 0 Å². The Morgan fingerprint density at radius 2 is 1.77 bits per heavy atom. The fourth-order valence-electron chi connectivity index (χ4n) is 3.49. The molecule has 0 amide bonds. The quantitative estimate of drug-likeness (QED) is 0.341. The van der Waals surface area contributed by atoms with Crippen LogP contribution in [0.2, 0.25) is 0 Å². The Balaban J connectivity index is 1.50. The molecule has 0 aliphatic heterocycles. The van der Waals surface area contributed by atoms with E-state index >= 15 is 0 Å². The van der Waals surface area contributed by atoms with E-state index in [-0.39, 0.29) is 5.82 Å². The number of rotatable bonds is 6. The van der Waals surface area contributed by atoms with Gasteiger partial charge in [0.25, 0.3) is 0 Å². The standard InChI is InChI=1S/C24H18FN5S/c25-21-12-18-8-5-11-27-22(18)20(13-21)16-31-24-29-28-23(19-9-4-10-26-14-19)30(24)15-17-6-2-1-3-7-17/h1-14H,15-16H2. The van der Waals surface area contributed by atoms with Crippen molar-refractivity contribution in [3.05, 3.63) is 102 Å². The van der Waals surface area contributed by atoms with Crippen LogP contribution in [0.1, 0.15) is 11.1 Å². The van der Waals surface area contributed by atoms with Gasteiger partial charge in [-0.1, -0.05) is 48.2 Å². The first kappa shape index (κ1) is 19.4. The molecular weight excluding hydrogens is 409 g/mol. The summed E-state index contributed by atoms with van der Waals surface area (Å²) in [7, 11) is 0. The van der Waals surface area contributed by atoms with Gasteiger partial charge in [0.05, 0.1) is 12.1 Å². The zero-order valence-electron chi connectivity index (χ0n) is 16.5. The second kappa shape index (κ2) is 8.65. The van der Waals surface area contributed by atoms with Crippen LogP contribution in [0.15, 0.2) is 90.5 Å². The van der Waals surface area contributed by atoms with Crippen LogP contribution < -0.4 is 0 Å². The summed E-state index contributed by atoms with van der Waals surface area (Å²) in [6.07, 6.45) is 5.25. The maximum atomic E-state index is 14.1. The van der Waals surface area contributed by atoms with Crippen LogP contribution in [0.5, 0.6) is 0 Å². The average molecular weight is 428 g/mol. The largest absolute Gasteiger partial charge is 0.297 e. The highest BCUT2D eigenvalue weighted by atomic mass is 32.2. The van der Waals surface area contributed by atoms with Crippen molar-refractivity contribution in [2.24, 2.45) is 0 Å². The lowest BCUT2D eigenvalue weighted by molar-refractivity contribution is 0.628. The van der Waals surface area contributed by atoms with Gasteiger partial charge in [-0.2, -0.15) is 0 Å². The summed E-state index contributed by atoms with van der Waals surface area (Å²) < 4.78 is 16.2. The molecule has 152 valence electrons. The summed E-state index contributed by atoms with van der Waals surface area (Å²) in [5.41, 5.74) is 3.68. The summed E-state index contributed by atoms with van der Waals surface area (Å²) in [6, 6.07) is 20.8. The maximum absolute atomic E-state index is 14.1. The van der Waals surface area contributed by atoms with E-state index in [9.17, 15) is 4.39 Å². The van der Waals surface area contributed by atoms with Gasteiger partial charge >= 0.3 is 0 Å². The van der Waals surface area contributed by atoms with E-state index in [2.05, 4.69) is 36.9 Å². The molecule has 0 radical (unpaired) electrons. The van der Waals surface area contributed by atoms with Crippen LogP contribution >= 0.6 is 11.8 Å². The predicted octanol–water partition coefficient (Wildman–Crippen LogP) is 5.37. The average Bonchev–Trinajstić information content (AvgIpc) is 3.21. The lowest BCUT2D eigenvalue weighted by Crippen LogP contribution is -2.04. The lowest BCUT2D eigenvalue weighted by Gasteiger charge is -2.11. The normalized spacial score (nSPS) is 11.1. The van der Waals surface area contributed by atoms with Gasteiger partial charge in [0, 0.05) is 35.3 Å². The summed E-state index contributed by atoms with van der Waals surface area (Å²) in [4.78, 5) is 8.66. The SMILES string of the molecule is Fc1cc(CSc2nnc(-c3cccnc3)n2Cc2ccccc2)c2ncccc2c1. The van der Waals surface area contributed by atoms with Gasteiger partial charge in [-0.25, -0.2) is 4.39 Å². The highest BCUT2D eigenvalue weighted by molar-refractivity contribution is 7.98. The fraction of sp³-hybridized carbons (Fsp3) is 0.0833. The van der Waals surface area contributed by atoms with Crippen molar-refractivity contribution in [2.75, 3.05) is 0 Å². The predicted molar refractivity (Wildman–Crippen MR) is 120 cm³/mol. The minimum absolute atomic E-state index is 0.266. The molecular formula is C24H18FN5S. The molecule has 0 N–H and O–H groups in total. The van der Waals surface area contributed by atoms with Crippen LogP contribution in [0, 0.1) is 5.82 Å². The number of pyridine rings is 2. The number of fused-ring (bicyclic) bond motifs is 1. The molecule has 0 bridgehead atoms. The number of hydrogen-bond acceptors (Lipinski definition) is 5. The summed E-state index contributed by atoms with van der Waals surface area (Å²) in [6.45, 7) is 0.628. The molecule has 3 aromatic heterocycles. The van der Waals surface area contributed by atoms with E-state index in [1.807, 2.05) is 42.5 Å². The topological polar surface area (TPSA) is 56.5 Å². The minimum atomic E-state index is -0.266. The lowest BCUT2D eigenvalue weighted by atomic mass is 10.1. The number of aromatic nitrogens is 5. The highest BCUT2D eigenvalue weighted by Gasteiger charge is 2.16. The molecule has 0 aliphatic carbocycles. The number of halogens is 1. The third-order valence-electron chi connectivity index (χ3n) is 4.93. The van der Waals surface area contributed by atoms with Crippen molar-refractivity contribution < 1.29 is 4.39 Å². The number of hydrogen-bond donors (Lipinski definition) is 0. The van der Waals surface area contributed by atoms with Gasteiger partial charge in [0.15, 0.2) is 11.0 Å². The van der Waals surface area contributed by atoms with Gasteiger partial charge in [-0.3, -0.25) is 14.5 Å². The molecule has 3 heterocycles. The van der Waals surface area contributed by atoms with E-state index in [0.29, 0.717) is 12.3 Å². The summed E-state index contributed by atoms with van der Waals surface area (Å²) in [5.74, 6) is 1.02. The van der Waals surface area contributed by atoms with Gasteiger partial charge in [-0.15, -0.1) is 10.2 Å².